The molecular weight excluding hydrogens is 442 g/mol. The molecule has 0 bridgehead atoms. The average molecular weight is 466 g/mol. The van der Waals surface area contributed by atoms with Crippen LogP contribution in [0.15, 0.2) is 65.2 Å². The molecule has 3 aromatic rings. The van der Waals surface area contributed by atoms with Crippen molar-refractivity contribution in [3.63, 3.8) is 0 Å². The van der Waals surface area contributed by atoms with Gasteiger partial charge in [0.2, 0.25) is 0 Å². The average Bonchev–Trinajstić information content (AvgIpc) is 3.47. The zero-order chi connectivity index (χ0) is 23.4. The summed E-state index contributed by atoms with van der Waals surface area (Å²) in [4.78, 5) is 29.9. The summed E-state index contributed by atoms with van der Waals surface area (Å²) < 4.78 is 15.8. The van der Waals surface area contributed by atoms with Crippen molar-refractivity contribution in [3.05, 3.63) is 77.8 Å². The van der Waals surface area contributed by atoms with Gasteiger partial charge in [0.25, 0.3) is 0 Å². The highest BCUT2D eigenvalue weighted by Crippen LogP contribution is 2.40. The highest BCUT2D eigenvalue weighted by molar-refractivity contribution is 7.80. The van der Waals surface area contributed by atoms with Gasteiger partial charge in [-0.3, -0.25) is 9.78 Å². The number of carbonyl (C=O) groups is 2. The van der Waals surface area contributed by atoms with Crippen molar-refractivity contribution in [2.24, 2.45) is 0 Å². The maximum absolute atomic E-state index is 11.8. The summed E-state index contributed by atoms with van der Waals surface area (Å²) in [5.74, 6) is 0.608. The smallest absolute Gasteiger partial charge is 0.337 e. The summed E-state index contributed by atoms with van der Waals surface area (Å²) >= 11 is 5.58. The van der Waals surface area contributed by atoms with Crippen molar-refractivity contribution < 1.29 is 23.5 Å². The second-order valence-electron chi connectivity index (χ2n) is 7.42. The summed E-state index contributed by atoms with van der Waals surface area (Å²) in [5, 5.41) is 3.83. The standard InChI is InChI=1S/C24H23N3O5S/c1-30-20(28)12-14-27-22(21(26-24(27)33)17-5-3-4-13-25-17)19-11-10-18(32-19)15-6-8-16(9-7-15)23(29)31-2/h3-11,13,21-22H,12,14H2,1-2H3,(H,26,33)/t21-,22-/m1/s1. The lowest BCUT2D eigenvalue weighted by atomic mass is 10.0. The summed E-state index contributed by atoms with van der Waals surface area (Å²) in [6.45, 7) is 0.371. The Morgan fingerprint density at radius 1 is 1.09 bits per heavy atom. The highest BCUT2D eigenvalue weighted by atomic mass is 32.1. The fourth-order valence-corrected chi connectivity index (χ4v) is 4.16. The minimum Gasteiger partial charge on any atom is -0.469 e. The number of esters is 2. The van der Waals surface area contributed by atoms with Crippen LogP contribution in [0.4, 0.5) is 0 Å². The molecule has 4 rings (SSSR count). The number of hydrogen-bond acceptors (Lipinski definition) is 7. The lowest BCUT2D eigenvalue weighted by Gasteiger charge is -2.25. The number of furan rings is 1. The van der Waals surface area contributed by atoms with Crippen LogP contribution in [0.25, 0.3) is 11.3 Å². The Balaban J connectivity index is 1.65. The number of benzene rings is 1. The third kappa shape index (κ3) is 4.73. The van der Waals surface area contributed by atoms with E-state index in [2.05, 4.69) is 10.3 Å². The minimum absolute atomic E-state index is 0.187. The Morgan fingerprint density at radius 3 is 2.55 bits per heavy atom. The highest BCUT2D eigenvalue weighted by Gasteiger charge is 2.41. The van der Waals surface area contributed by atoms with Gasteiger partial charge in [-0.25, -0.2) is 4.79 Å². The van der Waals surface area contributed by atoms with Gasteiger partial charge in [0.1, 0.15) is 17.6 Å². The molecule has 0 spiro atoms. The lowest BCUT2D eigenvalue weighted by Crippen LogP contribution is -2.31. The van der Waals surface area contributed by atoms with Gasteiger partial charge in [-0.2, -0.15) is 0 Å². The molecule has 1 N–H and O–H groups in total. The predicted octanol–water partition coefficient (Wildman–Crippen LogP) is 3.66. The topological polar surface area (TPSA) is 93.9 Å². The second-order valence-corrected chi connectivity index (χ2v) is 7.80. The van der Waals surface area contributed by atoms with Crippen molar-refractivity contribution in [2.75, 3.05) is 20.8 Å². The van der Waals surface area contributed by atoms with Gasteiger partial charge in [-0.05, 0) is 48.6 Å². The largest absolute Gasteiger partial charge is 0.469 e. The van der Waals surface area contributed by atoms with Gasteiger partial charge in [0.05, 0.1) is 37.9 Å². The van der Waals surface area contributed by atoms with Crippen LogP contribution in [0, 0.1) is 0 Å². The molecule has 1 fully saturated rings. The molecule has 8 nitrogen and oxygen atoms in total. The Kier molecular flexibility index (Phi) is 6.69. The number of methoxy groups -OCH3 is 2. The molecule has 0 aliphatic carbocycles. The third-order valence-corrected chi connectivity index (χ3v) is 5.84. The van der Waals surface area contributed by atoms with E-state index in [1.165, 1.54) is 14.2 Å². The molecule has 0 saturated carbocycles. The molecule has 0 unspecified atom stereocenters. The van der Waals surface area contributed by atoms with Gasteiger partial charge < -0.3 is 24.1 Å². The van der Waals surface area contributed by atoms with E-state index in [1.54, 1.807) is 30.5 Å². The molecular formula is C24H23N3O5S. The van der Waals surface area contributed by atoms with Crippen LogP contribution in [-0.2, 0) is 14.3 Å². The molecule has 33 heavy (non-hydrogen) atoms. The monoisotopic (exact) mass is 465 g/mol. The van der Waals surface area contributed by atoms with Crippen LogP contribution in [0.3, 0.4) is 0 Å². The number of aromatic nitrogens is 1. The molecule has 170 valence electrons. The Bertz CT molecular complexity index is 1150. The van der Waals surface area contributed by atoms with Gasteiger partial charge in [0.15, 0.2) is 5.11 Å². The molecule has 1 saturated heterocycles. The third-order valence-electron chi connectivity index (χ3n) is 5.49. The second kappa shape index (κ2) is 9.83. The molecule has 1 aromatic carbocycles. The van der Waals surface area contributed by atoms with E-state index in [1.807, 2.05) is 35.2 Å². The first-order valence-corrected chi connectivity index (χ1v) is 10.8. The van der Waals surface area contributed by atoms with Crippen LogP contribution in [-0.4, -0.2) is 47.7 Å². The van der Waals surface area contributed by atoms with Gasteiger partial charge in [-0.1, -0.05) is 18.2 Å². The molecule has 2 atom stereocenters. The molecule has 9 heteroatoms. The fraction of sp³-hybridized carbons (Fsp3) is 0.250. The Hall–Kier alpha value is -3.72. The zero-order valence-corrected chi connectivity index (χ0v) is 19.0. The van der Waals surface area contributed by atoms with E-state index in [9.17, 15) is 9.59 Å². The van der Waals surface area contributed by atoms with Crippen molar-refractivity contribution in [2.45, 2.75) is 18.5 Å². The van der Waals surface area contributed by atoms with Crippen molar-refractivity contribution in [1.29, 1.82) is 0 Å². The van der Waals surface area contributed by atoms with Crippen LogP contribution in [0.5, 0.6) is 0 Å². The first-order chi connectivity index (χ1) is 16.0. The van der Waals surface area contributed by atoms with Gasteiger partial charge in [0, 0.05) is 18.3 Å². The number of pyridine rings is 1. The van der Waals surface area contributed by atoms with Crippen LogP contribution < -0.4 is 5.32 Å². The number of rotatable bonds is 7. The number of thiocarbonyl (C=S) groups is 1. The van der Waals surface area contributed by atoms with Crippen LogP contribution in [0.1, 0.15) is 40.3 Å². The maximum atomic E-state index is 11.8. The SMILES string of the molecule is COC(=O)CCN1C(=S)N[C@H](c2ccccn2)[C@H]1c1ccc(-c2ccc(C(=O)OC)cc2)o1. The Labute approximate surface area is 196 Å². The molecule has 2 aromatic heterocycles. The number of ether oxygens (including phenoxy) is 2. The van der Waals surface area contributed by atoms with E-state index in [0.717, 1.165) is 11.3 Å². The van der Waals surface area contributed by atoms with Crippen molar-refractivity contribution in [3.8, 4) is 11.3 Å². The quantitative estimate of drug-likeness (QED) is 0.414. The summed E-state index contributed by atoms with van der Waals surface area (Å²) in [6.07, 6.45) is 1.91. The molecule has 1 aliphatic heterocycles. The van der Waals surface area contributed by atoms with E-state index in [-0.39, 0.29) is 24.5 Å². The normalized spacial score (nSPS) is 17.5. The zero-order valence-electron chi connectivity index (χ0n) is 18.2. The molecule has 3 heterocycles. The van der Waals surface area contributed by atoms with Crippen LogP contribution >= 0.6 is 12.2 Å². The van der Waals surface area contributed by atoms with E-state index in [0.29, 0.717) is 28.7 Å². The van der Waals surface area contributed by atoms with Gasteiger partial charge in [-0.15, -0.1) is 0 Å². The van der Waals surface area contributed by atoms with Crippen molar-refractivity contribution >= 4 is 29.3 Å². The van der Waals surface area contributed by atoms with E-state index in [4.69, 9.17) is 26.1 Å². The summed E-state index contributed by atoms with van der Waals surface area (Å²) in [5.41, 5.74) is 2.09. The number of hydrogen-bond donors (Lipinski definition) is 1. The molecule has 0 radical (unpaired) electrons. The number of carbonyl (C=O) groups excluding carboxylic acids is 2. The fourth-order valence-electron chi connectivity index (χ4n) is 3.82. The van der Waals surface area contributed by atoms with Crippen molar-refractivity contribution in [1.82, 2.24) is 15.2 Å². The first kappa shape index (κ1) is 22.5. The summed E-state index contributed by atoms with van der Waals surface area (Å²) in [6, 6.07) is 15.9. The predicted molar refractivity (Wildman–Crippen MR) is 124 cm³/mol. The Morgan fingerprint density at radius 2 is 1.88 bits per heavy atom. The lowest BCUT2D eigenvalue weighted by molar-refractivity contribution is -0.140. The molecule has 1 aliphatic rings. The van der Waals surface area contributed by atoms with E-state index >= 15 is 0 Å². The first-order valence-electron chi connectivity index (χ1n) is 10.3. The maximum Gasteiger partial charge on any atom is 0.337 e. The minimum atomic E-state index is -0.397. The summed E-state index contributed by atoms with van der Waals surface area (Å²) in [7, 11) is 2.71. The van der Waals surface area contributed by atoms with E-state index < -0.39 is 5.97 Å². The van der Waals surface area contributed by atoms with Crippen LogP contribution in [0.2, 0.25) is 0 Å². The number of nitrogens with one attached hydrogen (secondary N) is 1. The number of nitrogens with zero attached hydrogens (tertiary/aromatic N) is 2. The molecule has 0 amide bonds. The van der Waals surface area contributed by atoms with Gasteiger partial charge >= 0.3 is 11.9 Å².